The van der Waals surface area contributed by atoms with Gasteiger partial charge in [-0.15, -0.1) is 11.3 Å². The second kappa shape index (κ2) is 10.5. The summed E-state index contributed by atoms with van der Waals surface area (Å²) in [6.07, 6.45) is 0.0213. The number of carbonyl (C=O) groups excluding carboxylic acids is 3. The third-order valence-corrected chi connectivity index (χ3v) is 4.92. The molecule has 7 nitrogen and oxygen atoms in total. The Bertz CT molecular complexity index is 831. The Morgan fingerprint density at radius 3 is 2.46 bits per heavy atom. The lowest BCUT2D eigenvalue weighted by atomic mass is 10.1. The third kappa shape index (κ3) is 6.09. The van der Waals surface area contributed by atoms with Crippen LogP contribution in [0.15, 0.2) is 30.3 Å². The summed E-state index contributed by atoms with van der Waals surface area (Å²) in [5.74, 6) is -0.906. The number of aryl methyl sites for hydroxylation is 1. The molecule has 0 saturated carbocycles. The predicted octanol–water partition coefficient (Wildman–Crippen LogP) is 3.49. The number of amides is 1. The van der Waals surface area contributed by atoms with E-state index >= 15 is 0 Å². The van der Waals surface area contributed by atoms with Crippen LogP contribution in [0.1, 0.15) is 34.1 Å². The van der Waals surface area contributed by atoms with Crippen molar-refractivity contribution in [2.24, 2.45) is 0 Å². The lowest BCUT2D eigenvalue weighted by Crippen LogP contribution is -2.22. The van der Waals surface area contributed by atoms with Crippen molar-refractivity contribution >= 4 is 34.2 Å². The molecule has 1 amide bonds. The normalized spacial score (nSPS) is 10.2. The standard InChI is InChI=1S/C20H23NO6S/c1-4-25-20(24)18-13(2)14(3)28-19(18)21-16(22)12-27-17(23)10-11-26-15-8-6-5-7-9-15/h5-9H,4,10-12H2,1-3H3,(H,21,22). The highest BCUT2D eigenvalue weighted by Gasteiger charge is 2.22. The summed E-state index contributed by atoms with van der Waals surface area (Å²) in [4.78, 5) is 36.9. The van der Waals surface area contributed by atoms with E-state index in [9.17, 15) is 14.4 Å². The molecular weight excluding hydrogens is 382 g/mol. The molecule has 0 unspecified atom stereocenters. The van der Waals surface area contributed by atoms with Crippen LogP contribution in [0, 0.1) is 13.8 Å². The van der Waals surface area contributed by atoms with Crippen molar-refractivity contribution in [2.75, 3.05) is 25.1 Å². The number of carbonyl (C=O) groups is 3. The number of hydrogen-bond acceptors (Lipinski definition) is 7. The Kier molecular flexibility index (Phi) is 8.01. The molecular formula is C20H23NO6S. The van der Waals surface area contributed by atoms with Crippen molar-refractivity contribution in [1.29, 1.82) is 0 Å². The zero-order valence-corrected chi connectivity index (χ0v) is 16.9. The number of para-hydroxylation sites is 1. The van der Waals surface area contributed by atoms with Crippen molar-refractivity contribution in [2.45, 2.75) is 27.2 Å². The van der Waals surface area contributed by atoms with Gasteiger partial charge in [0.25, 0.3) is 5.91 Å². The molecule has 0 fully saturated rings. The number of nitrogens with one attached hydrogen (secondary N) is 1. The van der Waals surface area contributed by atoms with Gasteiger partial charge in [0.15, 0.2) is 6.61 Å². The molecule has 28 heavy (non-hydrogen) atoms. The molecule has 8 heteroatoms. The molecule has 0 bridgehead atoms. The first-order valence-corrected chi connectivity index (χ1v) is 9.64. The topological polar surface area (TPSA) is 90.9 Å². The summed E-state index contributed by atoms with van der Waals surface area (Å²) in [6, 6.07) is 9.09. The number of rotatable bonds is 9. The lowest BCUT2D eigenvalue weighted by Gasteiger charge is -2.08. The van der Waals surface area contributed by atoms with E-state index in [1.807, 2.05) is 25.1 Å². The number of hydrogen-bond donors (Lipinski definition) is 1. The molecule has 0 atom stereocenters. The summed E-state index contributed by atoms with van der Waals surface area (Å²) in [7, 11) is 0. The molecule has 2 aromatic rings. The molecule has 0 aliphatic rings. The van der Waals surface area contributed by atoms with Crippen LogP contribution < -0.4 is 10.1 Å². The fourth-order valence-corrected chi connectivity index (χ4v) is 3.38. The minimum absolute atomic E-state index is 0.0213. The molecule has 0 saturated heterocycles. The summed E-state index contributed by atoms with van der Waals surface area (Å²) < 4.78 is 15.4. The minimum atomic E-state index is -0.546. The zero-order valence-electron chi connectivity index (χ0n) is 16.1. The molecule has 1 aromatic heterocycles. The smallest absolute Gasteiger partial charge is 0.341 e. The second-order valence-electron chi connectivity index (χ2n) is 5.83. The molecule has 1 heterocycles. The van der Waals surface area contributed by atoms with Crippen molar-refractivity contribution in [3.63, 3.8) is 0 Å². The van der Waals surface area contributed by atoms with Crippen LogP contribution in [-0.2, 0) is 19.1 Å². The van der Waals surface area contributed by atoms with Crippen LogP contribution >= 0.6 is 11.3 Å². The van der Waals surface area contributed by atoms with E-state index in [0.29, 0.717) is 16.3 Å². The maximum absolute atomic E-state index is 12.1. The van der Waals surface area contributed by atoms with Gasteiger partial charge in [-0.1, -0.05) is 18.2 Å². The fraction of sp³-hybridized carbons (Fsp3) is 0.350. The molecule has 0 radical (unpaired) electrons. The summed E-state index contributed by atoms with van der Waals surface area (Å²) in [5.41, 5.74) is 1.09. The first-order chi connectivity index (χ1) is 13.4. The monoisotopic (exact) mass is 405 g/mol. The van der Waals surface area contributed by atoms with Gasteiger partial charge >= 0.3 is 11.9 Å². The van der Waals surface area contributed by atoms with Crippen molar-refractivity contribution in [3.8, 4) is 5.75 Å². The lowest BCUT2D eigenvalue weighted by molar-refractivity contribution is -0.147. The van der Waals surface area contributed by atoms with Gasteiger partial charge in [-0.2, -0.15) is 0 Å². The van der Waals surface area contributed by atoms with Gasteiger partial charge in [0, 0.05) is 4.88 Å². The predicted molar refractivity (Wildman–Crippen MR) is 106 cm³/mol. The quantitative estimate of drug-likeness (QED) is 0.642. The Balaban J connectivity index is 1.81. The van der Waals surface area contributed by atoms with E-state index in [0.717, 1.165) is 10.4 Å². The number of benzene rings is 1. The van der Waals surface area contributed by atoms with Crippen LogP contribution in [0.5, 0.6) is 5.75 Å². The van der Waals surface area contributed by atoms with E-state index < -0.39 is 24.5 Å². The molecule has 0 aliphatic heterocycles. The van der Waals surface area contributed by atoms with E-state index in [1.165, 1.54) is 11.3 Å². The third-order valence-electron chi connectivity index (χ3n) is 3.80. The maximum atomic E-state index is 12.1. The van der Waals surface area contributed by atoms with E-state index in [4.69, 9.17) is 14.2 Å². The first-order valence-electron chi connectivity index (χ1n) is 8.82. The average Bonchev–Trinajstić information content (AvgIpc) is 2.94. The SMILES string of the molecule is CCOC(=O)c1c(NC(=O)COC(=O)CCOc2ccccc2)sc(C)c1C. The van der Waals surface area contributed by atoms with Crippen LogP contribution in [-0.4, -0.2) is 37.7 Å². The fourth-order valence-electron chi connectivity index (χ4n) is 2.31. The maximum Gasteiger partial charge on any atom is 0.341 e. The highest BCUT2D eigenvalue weighted by atomic mass is 32.1. The van der Waals surface area contributed by atoms with Crippen LogP contribution in [0.2, 0.25) is 0 Å². The summed E-state index contributed by atoms with van der Waals surface area (Å²) in [5, 5.41) is 3.01. The van der Waals surface area contributed by atoms with Crippen LogP contribution in [0.25, 0.3) is 0 Å². The molecule has 1 N–H and O–H groups in total. The van der Waals surface area contributed by atoms with Gasteiger partial charge in [-0.05, 0) is 38.5 Å². The van der Waals surface area contributed by atoms with Gasteiger partial charge < -0.3 is 19.5 Å². The van der Waals surface area contributed by atoms with Crippen molar-refractivity contribution in [1.82, 2.24) is 0 Å². The highest BCUT2D eigenvalue weighted by Crippen LogP contribution is 2.33. The number of ether oxygens (including phenoxy) is 3. The van der Waals surface area contributed by atoms with Gasteiger partial charge in [0.1, 0.15) is 10.8 Å². The van der Waals surface area contributed by atoms with Crippen molar-refractivity contribution in [3.05, 3.63) is 46.3 Å². The van der Waals surface area contributed by atoms with E-state index in [-0.39, 0.29) is 19.6 Å². The molecule has 0 spiro atoms. The Labute approximate surface area is 167 Å². The largest absolute Gasteiger partial charge is 0.493 e. The molecule has 0 aliphatic carbocycles. The summed E-state index contributed by atoms with van der Waals surface area (Å²) >= 11 is 1.28. The summed E-state index contributed by atoms with van der Waals surface area (Å²) in [6.45, 7) is 5.31. The molecule has 1 aromatic carbocycles. The molecule has 2 rings (SSSR count). The number of anilines is 1. The number of thiophene rings is 1. The van der Waals surface area contributed by atoms with Gasteiger partial charge in [-0.3, -0.25) is 9.59 Å². The number of esters is 2. The van der Waals surface area contributed by atoms with Crippen LogP contribution in [0.3, 0.4) is 0 Å². The first kappa shape index (κ1) is 21.4. The Morgan fingerprint density at radius 2 is 1.79 bits per heavy atom. The Hall–Kier alpha value is -2.87. The van der Waals surface area contributed by atoms with Crippen LogP contribution in [0.4, 0.5) is 5.00 Å². The van der Waals surface area contributed by atoms with Crippen molar-refractivity contribution < 1.29 is 28.6 Å². The van der Waals surface area contributed by atoms with Gasteiger partial charge in [0.05, 0.1) is 25.2 Å². The molecule has 150 valence electrons. The zero-order chi connectivity index (χ0) is 20.5. The van der Waals surface area contributed by atoms with E-state index in [2.05, 4.69) is 5.32 Å². The average molecular weight is 405 g/mol. The second-order valence-corrected chi connectivity index (χ2v) is 7.05. The highest BCUT2D eigenvalue weighted by molar-refractivity contribution is 7.16. The Morgan fingerprint density at radius 1 is 1.07 bits per heavy atom. The van der Waals surface area contributed by atoms with E-state index in [1.54, 1.807) is 26.0 Å². The minimum Gasteiger partial charge on any atom is -0.493 e. The van der Waals surface area contributed by atoms with Gasteiger partial charge in [-0.25, -0.2) is 4.79 Å². The van der Waals surface area contributed by atoms with Gasteiger partial charge in [0.2, 0.25) is 0 Å².